The summed E-state index contributed by atoms with van der Waals surface area (Å²) in [5.74, 6) is 0.283. The van der Waals surface area contributed by atoms with Gasteiger partial charge < -0.3 is 10.5 Å². The van der Waals surface area contributed by atoms with E-state index in [0.29, 0.717) is 22.6 Å². The van der Waals surface area contributed by atoms with Crippen molar-refractivity contribution in [1.29, 1.82) is 0 Å². The maximum atomic E-state index is 13.7. The molecular formula is C13H12FN5O. The van der Waals surface area contributed by atoms with Gasteiger partial charge in [-0.25, -0.2) is 14.4 Å². The number of hydrogen-bond acceptors (Lipinski definition) is 5. The maximum Gasteiger partial charge on any atom is 0.245 e. The highest BCUT2D eigenvalue weighted by Crippen LogP contribution is 2.24. The van der Waals surface area contributed by atoms with Gasteiger partial charge in [-0.05, 0) is 6.07 Å². The van der Waals surface area contributed by atoms with E-state index in [4.69, 9.17) is 10.5 Å². The molecule has 0 aliphatic heterocycles. The standard InChI is InChI=1S/C13H12FN5O/c1-20-12-10-11(16-7-17-12)19(13(15)18-10)6-8-4-2-3-5-9(8)14/h2-5,7H,6H2,1H3,(H2,15,18). The first-order valence-corrected chi connectivity index (χ1v) is 5.95. The highest BCUT2D eigenvalue weighted by atomic mass is 19.1. The lowest BCUT2D eigenvalue weighted by molar-refractivity contribution is 0.401. The molecule has 7 heteroatoms. The Labute approximate surface area is 114 Å². The van der Waals surface area contributed by atoms with Gasteiger partial charge in [-0.1, -0.05) is 18.2 Å². The molecule has 0 unspecified atom stereocenters. The highest BCUT2D eigenvalue weighted by molar-refractivity contribution is 5.79. The van der Waals surface area contributed by atoms with Crippen molar-refractivity contribution in [3.05, 3.63) is 42.0 Å². The van der Waals surface area contributed by atoms with Crippen LogP contribution in [0.1, 0.15) is 5.56 Å². The van der Waals surface area contributed by atoms with Crippen LogP contribution in [0.4, 0.5) is 10.3 Å². The van der Waals surface area contributed by atoms with Gasteiger partial charge >= 0.3 is 0 Å². The molecule has 0 radical (unpaired) electrons. The van der Waals surface area contributed by atoms with Crippen molar-refractivity contribution in [3.63, 3.8) is 0 Å². The van der Waals surface area contributed by atoms with Gasteiger partial charge in [0.15, 0.2) is 11.2 Å². The molecule has 0 saturated heterocycles. The van der Waals surface area contributed by atoms with Gasteiger partial charge in [0.05, 0.1) is 13.7 Å². The van der Waals surface area contributed by atoms with E-state index in [1.807, 2.05) is 0 Å². The molecule has 0 amide bonds. The molecule has 1 aromatic carbocycles. The smallest absolute Gasteiger partial charge is 0.245 e. The number of methoxy groups -OCH3 is 1. The Bertz CT molecular complexity index is 771. The zero-order chi connectivity index (χ0) is 14.1. The summed E-state index contributed by atoms with van der Waals surface area (Å²) in [6.07, 6.45) is 1.36. The van der Waals surface area contributed by atoms with Crippen LogP contribution in [0, 0.1) is 5.82 Å². The van der Waals surface area contributed by atoms with E-state index in [2.05, 4.69) is 15.0 Å². The number of imidazole rings is 1. The average Bonchev–Trinajstić information content (AvgIpc) is 2.77. The van der Waals surface area contributed by atoms with Crippen LogP contribution in [0.2, 0.25) is 0 Å². The minimum atomic E-state index is -0.297. The van der Waals surface area contributed by atoms with Gasteiger partial charge in [0.1, 0.15) is 12.1 Å². The van der Waals surface area contributed by atoms with Crippen LogP contribution in [0.25, 0.3) is 11.2 Å². The van der Waals surface area contributed by atoms with Crippen molar-refractivity contribution in [2.45, 2.75) is 6.54 Å². The number of fused-ring (bicyclic) bond motifs is 1. The van der Waals surface area contributed by atoms with E-state index in [9.17, 15) is 4.39 Å². The topological polar surface area (TPSA) is 78.8 Å². The quantitative estimate of drug-likeness (QED) is 0.784. The SMILES string of the molecule is COc1ncnc2c1nc(N)n2Cc1ccccc1F. The van der Waals surface area contributed by atoms with Gasteiger partial charge in [-0.3, -0.25) is 4.57 Å². The third-order valence-corrected chi connectivity index (χ3v) is 3.01. The number of ether oxygens (including phenoxy) is 1. The summed E-state index contributed by atoms with van der Waals surface area (Å²) in [5.41, 5.74) is 7.36. The van der Waals surface area contributed by atoms with Gasteiger partial charge in [0, 0.05) is 5.56 Å². The molecule has 0 atom stereocenters. The summed E-state index contributed by atoms with van der Waals surface area (Å²) in [6, 6.07) is 6.50. The molecule has 3 aromatic rings. The lowest BCUT2D eigenvalue weighted by atomic mass is 10.2. The molecular weight excluding hydrogens is 261 g/mol. The van der Waals surface area contributed by atoms with Gasteiger partial charge in [0.2, 0.25) is 11.8 Å². The maximum absolute atomic E-state index is 13.7. The predicted molar refractivity (Wildman–Crippen MR) is 71.8 cm³/mol. The molecule has 2 heterocycles. The van der Waals surface area contributed by atoms with Crippen molar-refractivity contribution in [2.24, 2.45) is 0 Å². The average molecular weight is 273 g/mol. The molecule has 6 nitrogen and oxygen atoms in total. The van der Waals surface area contributed by atoms with Crippen molar-refractivity contribution in [2.75, 3.05) is 12.8 Å². The Balaban J connectivity index is 2.13. The number of benzene rings is 1. The van der Waals surface area contributed by atoms with Crippen LogP contribution in [-0.2, 0) is 6.54 Å². The third kappa shape index (κ3) is 1.93. The third-order valence-electron chi connectivity index (χ3n) is 3.01. The Morgan fingerprint density at radius 3 is 2.85 bits per heavy atom. The number of anilines is 1. The first-order valence-electron chi connectivity index (χ1n) is 5.95. The zero-order valence-electron chi connectivity index (χ0n) is 10.7. The molecule has 0 aliphatic rings. The van der Waals surface area contributed by atoms with Crippen molar-refractivity contribution in [1.82, 2.24) is 19.5 Å². The van der Waals surface area contributed by atoms with Crippen molar-refractivity contribution >= 4 is 17.1 Å². The molecule has 20 heavy (non-hydrogen) atoms. The number of halogens is 1. The molecule has 0 fully saturated rings. The highest BCUT2D eigenvalue weighted by Gasteiger charge is 2.15. The van der Waals surface area contributed by atoms with Crippen molar-refractivity contribution < 1.29 is 9.13 Å². The summed E-state index contributed by atoms with van der Waals surface area (Å²) in [4.78, 5) is 12.3. The Hall–Kier alpha value is -2.70. The monoisotopic (exact) mass is 273 g/mol. The van der Waals surface area contributed by atoms with Gasteiger partial charge in [-0.15, -0.1) is 0 Å². The van der Waals surface area contributed by atoms with E-state index in [-0.39, 0.29) is 18.3 Å². The second-order valence-electron chi connectivity index (χ2n) is 4.20. The molecule has 0 spiro atoms. The largest absolute Gasteiger partial charge is 0.479 e. The van der Waals surface area contributed by atoms with Crippen LogP contribution >= 0.6 is 0 Å². The second kappa shape index (κ2) is 4.76. The predicted octanol–water partition coefficient (Wildman–Crippen LogP) is 1.60. The minimum Gasteiger partial charge on any atom is -0.479 e. The van der Waals surface area contributed by atoms with Crippen LogP contribution in [0.15, 0.2) is 30.6 Å². The lowest BCUT2D eigenvalue weighted by Crippen LogP contribution is -2.06. The molecule has 2 N–H and O–H groups in total. The number of nitrogens with zero attached hydrogens (tertiary/aromatic N) is 4. The zero-order valence-corrected chi connectivity index (χ0v) is 10.7. The number of aromatic nitrogens is 4. The summed E-state index contributed by atoms with van der Waals surface area (Å²) in [7, 11) is 1.49. The van der Waals surface area contributed by atoms with Crippen LogP contribution in [0.5, 0.6) is 5.88 Å². The Kier molecular flexibility index (Phi) is 2.94. The number of hydrogen-bond donors (Lipinski definition) is 1. The van der Waals surface area contributed by atoms with E-state index in [1.165, 1.54) is 19.5 Å². The molecule has 0 saturated carbocycles. The fraction of sp³-hybridized carbons (Fsp3) is 0.154. The fourth-order valence-electron chi connectivity index (χ4n) is 2.03. The van der Waals surface area contributed by atoms with Gasteiger partial charge in [-0.2, -0.15) is 4.98 Å². The van der Waals surface area contributed by atoms with Crippen LogP contribution in [0.3, 0.4) is 0 Å². The van der Waals surface area contributed by atoms with E-state index in [0.717, 1.165) is 0 Å². The normalized spacial score (nSPS) is 10.9. The van der Waals surface area contributed by atoms with E-state index < -0.39 is 0 Å². The molecule has 3 rings (SSSR count). The number of nitrogen functional groups attached to an aromatic ring is 1. The first kappa shape index (κ1) is 12.3. The van der Waals surface area contributed by atoms with Crippen LogP contribution < -0.4 is 10.5 Å². The minimum absolute atomic E-state index is 0.238. The molecule has 0 aliphatic carbocycles. The lowest BCUT2D eigenvalue weighted by Gasteiger charge is -2.07. The number of rotatable bonds is 3. The molecule has 2 aromatic heterocycles. The molecule has 0 bridgehead atoms. The van der Waals surface area contributed by atoms with E-state index in [1.54, 1.807) is 22.8 Å². The molecule has 102 valence electrons. The Morgan fingerprint density at radius 1 is 1.30 bits per heavy atom. The summed E-state index contributed by atoms with van der Waals surface area (Å²) < 4.78 is 20.5. The fourth-order valence-corrected chi connectivity index (χ4v) is 2.03. The second-order valence-corrected chi connectivity index (χ2v) is 4.20. The number of nitrogens with two attached hydrogens (primary N) is 1. The summed E-state index contributed by atoms with van der Waals surface area (Å²) in [6.45, 7) is 0.245. The van der Waals surface area contributed by atoms with Crippen molar-refractivity contribution in [3.8, 4) is 5.88 Å². The Morgan fingerprint density at radius 2 is 2.10 bits per heavy atom. The first-order chi connectivity index (χ1) is 9.70. The summed E-state index contributed by atoms with van der Waals surface area (Å²) >= 11 is 0. The van der Waals surface area contributed by atoms with Crippen LogP contribution in [-0.4, -0.2) is 26.6 Å². The van der Waals surface area contributed by atoms with Gasteiger partial charge in [0.25, 0.3) is 0 Å². The van der Waals surface area contributed by atoms with E-state index >= 15 is 0 Å². The summed E-state index contributed by atoms with van der Waals surface area (Å²) in [5, 5.41) is 0.